The van der Waals surface area contributed by atoms with Gasteiger partial charge in [0.05, 0.1) is 28.0 Å². The molecule has 0 atom stereocenters. The van der Waals surface area contributed by atoms with Crippen molar-refractivity contribution in [3.63, 3.8) is 0 Å². The number of nitrogens with zero attached hydrogens (tertiary/aromatic N) is 3. The van der Waals surface area contributed by atoms with E-state index in [0.29, 0.717) is 11.4 Å². The van der Waals surface area contributed by atoms with E-state index in [4.69, 9.17) is 9.97 Å². The predicted octanol–water partition coefficient (Wildman–Crippen LogP) is 18.3. The number of hydrogen-bond acceptors (Lipinski definition) is 3. The molecule has 2 heterocycles. The first-order valence-electron chi connectivity index (χ1n) is 25.7. The molecule has 4 nitrogen and oxygen atoms in total. The van der Waals surface area contributed by atoms with Crippen molar-refractivity contribution in [3.8, 4) is 78.6 Å². The van der Waals surface area contributed by atoms with Gasteiger partial charge in [-0.25, -0.2) is 4.98 Å². The van der Waals surface area contributed by atoms with Crippen LogP contribution in [0.2, 0.25) is 0 Å². The fourth-order valence-corrected chi connectivity index (χ4v) is 10.1. The molecule has 0 radical (unpaired) electrons. The molecule has 2 aromatic heterocycles. The molecule has 10 aromatic rings. The highest BCUT2D eigenvalue weighted by molar-refractivity contribution is 5.98. The molecule has 0 unspecified atom stereocenters. The van der Waals surface area contributed by atoms with Crippen LogP contribution >= 0.6 is 0 Å². The van der Waals surface area contributed by atoms with Gasteiger partial charge in [0.1, 0.15) is 11.6 Å². The SMILES string of the molecule is CC(C)(C)c1cc(-c2cc(-c3ccc(C(C)(C)c4ccccc4)cc3)ccn2)cc(-c2cccc3c2nc(-c2cc(C(C)(C)C)cc(-c4ccccc4)c2O)n3-c2ccc(C(C)(C)C)cc2-c2ccccc2)c1. The van der Waals surface area contributed by atoms with Gasteiger partial charge < -0.3 is 5.11 Å². The minimum Gasteiger partial charge on any atom is -0.507 e. The summed E-state index contributed by atoms with van der Waals surface area (Å²) in [5.74, 6) is 0.867. The topological polar surface area (TPSA) is 50.9 Å². The van der Waals surface area contributed by atoms with Gasteiger partial charge in [-0.2, -0.15) is 0 Å². The summed E-state index contributed by atoms with van der Waals surface area (Å²) in [4.78, 5) is 10.8. The lowest BCUT2D eigenvalue weighted by atomic mass is 9.78. The monoisotopic (exact) mass is 954 g/mol. The van der Waals surface area contributed by atoms with Crippen LogP contribution in [0.3, 0.4) is 0 Å². The van der Waals surface area contributed by atoms with Crippen LogP contribution in [0.15, 0.2) is 200 Å². The van der Waals surface area contributed by atoms with E-state index >= 15 is 0 Å². The van der Waals surface area contributed by atoms with Gasteiger partial charge in [0, 0.05) is 33.9 Å². The van der Waals surface area contributed by atoms with Crippen molar-refractivity contribution in [1.82, 2.24) is 14.5 Å². The molecule has 364 valence electrons. The second-order valence-electron chi connectivity index (χ2n) is 23.4. The average molecular weight is 954 g/mol. The van der Waals surface area contributed by atoms with Gasteiger partial charge >= 0.3 is 0 Å². The minimum absolute atomic E-state index is 0.0898. The van der Waals surface area contributed by atoms with Gasteiger partial charge in [0.25, 0.3) is 0 Å². The summed E-state index contributed by atoms with van der Waals surface area (Å²) in [6.45, 7) is 24.9. The molecular formula is C69H67N3O. The smallest absolute Gasteiger partial charge is 0.149 e. The van der Waals surface area contributed by atoms with Gasteiger partial charge in [-0.15, -0.1) is 0 Å². The Hall–Kier alpha value is -7.82. The highest BCUT2D eigenvalue weighted by Crippen LogP contribution is 2.46. The zero-order valence-electron chi connectivity index (χ0n) is 44.3. The van der Waals surface area contributed by atoms with Gasteiger partial charge in [-0.05, 0) is 126 Å². The molecule has 0 spiro atoms. The number of imidazole rings is 1. The van der Waals surface area contributed by atoms with Crippen molar-refractivity contribution in [1.29, 1.82) is 0 Å². The number of pyridine rings is 1. The van der Waals surface area contributed by atoms with Crippen LogP contribution in [-0.4, -0.2) is 19.6 Å². The molecule has 8 aromatic carbocycles. The van der Waals surface area contributed by atoms with Crippen molar-refractivity contribution in [2.75, 3.05) is 0 Å². The van der Waals surface area contributed by atoms with E-state index < -0.39 is 0 Å². The number of aromatic nitrogens is 3. The zero-order valence-corrected chi connectivity index (χ0v) is 44.3. The first-order valence-corrected chi connectivity index (χ1v) is 25.7. The van der Waals surface area contributed by atoms with E-state index in [1.54, 1.807) is 0 Å². The van der Waals surface area contributed by atoms with Gasteiger partial charge in [-0.1, -0.05) is 216 Å². The molecule has 1 N–H and O–H groups in total. The normalized spacial score (nSPS) is 12.4. The third-order valence-corrected chi connectivity index (χ3v) is 14.8. The lowest BCUT2D eigenvalue weighted by molar-refractivity contribution is 0.477. The second-order valence-corrected chi connectivity index (χ2v) is 23.4. The quantitative estimate of drug-likeness (QED) is 0.157. The maximum absolute atomic E-state index is 12.7. The minimum atomic E-state index is -0.227. The van der Waals surface area contributed by atoms with Gasteiger partial charge in [0.15, 0.2) is 0 Å². The van der Waals surface area contributed by atoms with Crippen molar-refractivity contribution in [3.05, 3.63) is 228 Å². The molecule has 4 heteroatoms. The van der Waals surface area contributed by atoms with Crippen LogP contribution in [0.4, 0.5) is 0 Å². The molecule has 0 amide bonds. The highest BCUT2D eigenvalue weighted by atomic mass is 16.3. The standard InChI is InChI=1S/C69H67N3O/c1-66(2,3)53-34-35-61(57(42-53)46-22-15-12-16-23-46)72-62-29-21-28-56(63(62)71-65(72)59-44-55(68(7,8)9)43-58(64(59)73)47-24-17-13-18-25-47)49-38-50(40-54(39-49)67(4,5)6)60-41-48(36-37-70-60)45-30-32-52(33-31-45)69(10,11)51-26-19-14-20-27-51/h12-44,73H,1-11H3. The fourth-order valence-electron chi connectivity index (χ4n) is 10.1. The van der Waals surface area contributed by atoms with Crippen molar-refractivity contribution in [2.24, 2.45) is 0 Å². The molecule has 0 aliphatic carbocycles. The predicted molar refractivity (Wildman–Crippen MR) is 308 cm³/mol. The first-order chi connectivity index (χ1) is 34.8. The number of rotatable bonds is 9. The molecule has 0 saturated carbocycles. The van der Waals surface area contributed by atoms with E-state index in [2.05, 4.69) is 257 Å². The zero-order chi connectivity index (χ0) is 51.5. The fraction of sp³-hybridized carbons (Fsp3) is 0.217. The van der Waals surface area contributed by atoms with Crippen molar-refractivity contribution >= 4 is 11.0 Å². The maximum atomic E-state index is 12.7. The summed E-state index contributed by atoms with van der Waals surface area (Å²) in [5.41, 5.74) is 19.1. The van der Waals surface area contributed by atoms with E-state index in [0.717, 1.165) is 78.0 Å². The number of para-hydroxylation sites is 1. The van der Waals surface area contributed by atoms with Crippen molar-refractivity contribution < 1.29 is 5.11 Å². The largest absolute Gasteiger partial charge is 0.507 e. The summed E-state index contributed by atoms with van der Waals surface area (Å²) in [6.07, 6.45) is 1.93. The number of hydrogen-bond donors (Lipinski definition) is 1. The molecule has 10 rings (SSSR count). The summed E-state index contributed by atoms with van der Waals surface area (Å²) in [5, 5.41) is 12.7. The van der Waals surface area contributed by atoms with Crippen LogP contribution < -0.4 is 0 Å². The number of phenolic OH excluding ortho intramolecular Hbond substituents is 1. The number of phenols is 1. The molecule has 0 aliphatic rings. The molecule has 0 fully saturated rings. The van der Waals surface area contributed by atoms with E-state index in [9.17, 15) is 5.11 Å². The number of fused-ring (bicyclic) bond motifs is 1. The summed E-state index contributed by atoms with van der Waals surface area (Å²) in [7, 11) is 0. The Balaban J connectivity index is 1.19. The van der Waals surface area contributed by atoms with Crippen LogP contribution in [0, 0.1) is 0 Å². The molecule has 0 saturated heterocycles. The van der Waals surface area contributed by atoms with Crippen molar-refractivity contribution in [2.45, 2.75) is 97.8 Å². The Kier molecular flexibility index (Phi) is 12.5. The third kappa shape index (κ3) is 9.55. The second kappa shape index (κ2) is 18.7. The summed E-state index contributed by atoms with van der Waals surface area (Å²) in [6, 6.07) is 69.5. The number of benzene rings is 8. The summed E-state index contributed by atoms with van der Waals surface area (Å²) < 4.78 is 2.29. The maximum Gasteiger partial charge on any atom is 0.149 e. The Morgan fingerprint density at radius 2 is 0.904 bits per heavy atom. The molecule has 73 heavy (non-hydrogen) atoms. The van der Waals surface area contributed by atoms with E-state index in [-0.39, 0.29) is 27.4 Å². The molecular weight excluding hydrogens is 887 g/mol. The number of aromatic hydroxyl groups is 1. The Bertz CT molecular complexity index is 3620. The summed E-state index contributed by atoms with van der Waals surface area (Å²) >= 11 is 0. The van der Waals surface area contributed by atoms with E-state index in [1.165, 1.54) is 22.3 Å². The van der Waals surface area contributed by atoms with Crippen LogP contribution in [0.1, 0.15) is 104 Å². The molecule has 0 aliphatic heterocycles. The van der Waals surface area contributed by atoms with Crippen LogP contribution in [0.25, 0.3) is 83.9 Å². The van der Waals surface area contributed by atoms with Crippen LogP contribution in [-0.2, 0) is 21.7 Å². The Morgan fingerprint density at radius 3 is 1.53 bits per heavy atom. The third-order valence-electron chi connectivity index (χ3n) is 14.8. The molecule has 0 bridgehead atoms. The Labute approximate surface area is 433 Å². The van der Waals surface area contributed by atoms with E-state index in [1.807, 2.05) is 24.4 Å². The first kappa shape index (κ1) is 48.8. The van der Waals surface area contributed by atoms with Gasteiger partial charge in [0.2, 0.25) is 0 Å². The highest BCUT2D eigenvalue weighted by Gasteiger charge is 2.28. The Morgan fingerprint density at radius 1 is 0.370 bits per heavy atom. The lowest BCUT2D eigenvalue weighted by Gasteiger charge is -2.26. The average Bonchev–Trinajstić information content (AvgIpc) is 3.78. The lowest BCUT2D eigenvalue weighted by Crippen LogP contribution is -2.18. The van der Waals surface area contributed by atoms with Crippen LogP contribution in [0.5, 0.6) is 5.75 Å². The van der Waals surface area contributed by atoms with Gasteiger partial charge in [-0.3, -0.25) is 9.55 Å².